The minimum absolute atomic E-state index is 0.0239. The number of amides is 2. The molecule has 0 aromatic heterocycles. The number of primary amides is 1. The maximum absolute atomic E-state index is 14.3. The summed E-state index contributed by atoms with van der Waals surface area (Å²) in [7, 11) is 0. The van der Waals surface area contributed by atoms with Crippen molar-refractivity contribution in [1.82, 2.24) is 10.2 Å². The van der Waals surface area contributed by atoms with Crippen LogP contribution in [0.15, 0.2) is 30.3 Å². The van der Waals surface area contributed by atoms with Crippen LogP contribution in [-0.2, 0) is 16.1 Å². The number of fused-ring (bicyclic) bond motifs is 1. The molecule has 7 rings (SSSR count). The van der Waals surface area contributed by atoms with E-state index in [0.29, 0.717) is 21.5 Å². The maximum atomic E-state index is 14.3. The Morgan fingerprint density at radius 2 is 1.84 bits per heavy atom. The van der Waals surface area contributed by atoms with E-state index < -0.39 is 6.04 Å². The first kappa shape index (κ1) is 21.5. The summed E-state index contributed by atoms with van der Waals surface area (Å²) in [6.45, 7) is 2.91. The SMILES string of the molecule is C[C@H]1[C@H]2C[C@@H](C(N)=O)N(C(=O)[C@@H](NCc3ccccc3)C34CC5CC(C[C]([Po])(C5)C3)C4)[C@@H]12. The standard InChI is InChI=1S/C26H34N3O2.Po/c1-15-20-10-21(24(27)30)29(22(15)20)25(31)23(28-14-16-5-3-2-4-6-16)26-11-17-7-18(12-26)9-19(8-17)13-26;/h2-6,15,17-18,20-23,28H,7-14H2,1H3,(H2,27,30);/t15-,17?,18?,20+,21-,22-,23+,26?;/m0./s1. The molecule has 1 heterocycles. The number of piperidine rings is 1. The molecular formula is C26H34N3O2Po. The minimum atomic E-state index is -0.426. The number of nitrogens with zero attached hydrogens (tertiary/aromatic N) is 1. The van der Waals surface area contributed by atoms with E-state index in [0.717, 1.165) is 31.1 Å². The van der Waals surface area contributed by atoms with Gasteiger partial charge >= 0.3 is 207 Å². The zero-order valence-corrected chi connectivity index (χ0v) is 22.0. The van der Waals surface area contributed by atoms with E-state index in [-0.39, 0.29) is 29.3 Å². The monoisotopic (exact) mass is 629 g/mol. The molecule has 6 fully saturated rings. The van der Waals surface area contributed by atoms with Crippen molar-refractivity contribution in [3.8, 4) is 0 Å². The fraction of sp³-hybridized carbons (Fsp3) is 0.692. The third-order valence-electron chi connectivity index (χ3n) is 9.51. The van der Waals surface area contributed by atoms with E-state index in [1.807, 2.05) is 11.0 Å². The van der Waals surface area contributed by atoms with Gasteiger partial charge in [0.1, 0.15) is 0 Å². The Bertz CT molecular complexity index is 922. The fourth-order valence-electron chi connectivity index (χ4n) is 8.59. The molecule has 7 atom stereocenters. The van der Waals surface area contributed by atoms with Crippen molar-refractivity contribution in [2.75, 3.05) is 0 Å². The third-order valence-corrected chi connectivity index (χ3v) is 11.4. The van der Waals surface area contributed by atoms with Crippen LogP contribution in [0.4, 0.5) is 0 Å². The molecule has 32 heavy (non-hydrogen) atoms. The predicted octanol–water partition coefficient (Wildman–Crippen LogP) is 2.79. The van der Waals surface area contributed by atoms with Gasteiger partial charge in [-0.2, -0.15) is 0 Å². The van der Waals surface area contributed by atoms with Crippen molar-refractivity contribution in [1.29, 1.82) is 0 Å². The van der Waals surface area contributed by atoms with Crippen LogP contribution in [0.2, 0.25) is 3.07 Å². The van der Waals surface area contributed by atoms with Gasteiger partial charge in [0.05, 0.1) is 0 Å². The van der Waals surface area contributed by atoms with E-state index in [4.69, 9.17) is 5.73 Å². The Morgan fingerprint density at radius 3 is 2.47 bits per heavy atom. The van der Waals surface area contributed by atoms with Crippen LogP contribution in [0.3, 0.4) is 0 Å². The fourth-order valence-corrected chi connectivity index (χ4v) is 11.5. The first-order valence-electron chi connectivity index (χ1n) is 12.4. The predicted molar refractivity (Wildman–Crippen MR) is 124 cm³/mol. The molecule has 5 saturated carbocycles. The van der Waals surface area contributed by atoms with Gasteiger partial charge in [-0.25, -0.2) is 0 Å². The van der Waals surface area contributed by atoms with Gasteiger partial charge in [0.25, 0.3) is 0 Å². The molecule has 5 aliphatic carbocycles. The molecule has 4 bridgehead atoms. The van der Waals surface area contributed by atoms with Gasteiger partial charge in [-0.1, -0.05) is 0 Å². The van der Waals surface area contributed by atoms with Gasteiger partial charge in [0.2, 0.25) is 0 Å². The summed E-state index contributed by atoms with van der Waals surface area (Å²) in [5.74, 6) is 2.29. The van der Waals surface area contributed by atoms with Crippen LogP contribution in [0.25, 0.3) is 0 Å². The molecule has 5 nitrogen and oxygen atoms in total. The zero-order valence-electron chi connectivity index (χ0n) is 18.8. The Labute approximate surface area is 206 Å². The molecule has 2 unspecified atom stereocenters. The number of benzene rings is 1. The first-order valence-corrected chi connectivity index (χ1v) is 14.0. The summed E-state index contributed by atoms with van der Waals surface area (Å²) in [6.07, 6.45) is 8.30. The molecule has 2 amide bonds. The van der Waals surface area contributed by atoms with Gasteiger partial charge in [0, 0.05) is 0 Å². The molecule has 6 heteroatoms. The molecule has 1 aromatic carbocycles. The number of hydrogen-bond acceptors (Lipinski definition) is 3. The van der Waals surface area contributed by atoms with Crippen LogP contribution in [0.1, 0.15) is 57.4 Å². The summed E-state index contributed by atoms with van der Waals surface area (Å²) >= 11 is 1.72. The Morgan fingerprint density at radius 1 is 1.16 bits per heavy atom. The molecule has 171 valence electrons. The van der Waals surface area contributed by atoms with Gasteiger partial charge in [-0.05, 0) is 0 Å². The number of carbonyl (C=O) groups excluding carboxylic acids is 2. The van der Waals surface area contributed by atoms with E-state index in [1.54, 1.807) is 25.1 Å². The second-order valence-electron chi connectivity index (χ2n) is 11.7. The summed E-state index contributed by atoms with van der Waals surface area (Å²) < 4.78 is 0.445. The van der Waals surface area contributed by atoms with Crippen LogP contribution in [0, 0.1) is 29.1 Å². The first-order chi connectivity index (χ1) is 15.3. The number of nitrogens with two attached hydrogens (primary N) is 1. The summed E-state index contributed by atoms with van der Waals surface area (Å²) in [6, 6.07) is 9.96. The van der Waals surface area contributed by atoms with Gasteiger partial charge in [0.15, 0.2) is 0 Å². The van der Waals surface area contributed by atoms with Gasteiger partial charge < -0.3 is 0 Å². The van der Waals surface area contributed by atoms with Crippen molar-refractivity contribution >= 4 is 36.9 Å². The quantitative estimate of drug-likeness (QED) is 0.509. The van der Waals surface area contributed by atoms with Crippen molar-refractivity contribution in [2.45, 2.75) is 79.6 Å². The number of carbonyl (C=O) groups is 2. The normalized spacial score (nSPS) is 44.4. The second-order valence-corrected chi connectivity index (χ2v) is 15.1. The average molecular weight is 630 g/mol. The van der Waals surface area contributed by atoms with Crippen LogP contribution < -0.4 is 11.1 Å². The average Bonchev–Trinajstić information content (AvgIpc) is 3.16. The summed E-state index contributed by atoms with van der Waals surface area (Å²) in [5.41, 5.74) is 7.03. The Hall–Kier alpha value is -0.984. The number of rotatable bonds is 6. The molecule has 1 aromatic rings. The molecular weight excluding hydrogens is 595 g/mol. The Balaban J connectivity index is 1.34. The topological polar surface area (TPSA) is 75.4 Å². The second kappa shape index (κ2) is 7.51. The molecule has 1 radical (unpaired) electrons. The van der Waals surface area contributed by atoms with Gasteiger partial charge in [-0.15, -0.1) is 0 Å². The van der Waals surface area contributed by atoms with Gasteiger partial charge in [-0.3, -0.25) is 0 Å². The molecule has 1 saturated heterocycles. The van der Waals surface area contributed by atoms with Crippen LogP contribution >= 0.6 is 0 Å². The van der Waals surface area contributed by atoms with Crippen molar-refractivity contribution < 1.29 is 9.59 Å². The van der Waals surface area contributed by atoms with E-state index >= 15 is 0 Å². The summed E-state index contributed by atoms with van der Waals surface area (Å²) in [4.78, 5) is 28.6. The Kier molecular flexibility index (Phi) is 5.05. The number of nitrogens with one attached hydrogen (secondary N) is 1. The zero-order chi connectivity index (χ0) is 22.3. The van der Waals surface area contributed by atoms with E-state index in [9.17, 15) is 9.59 Å². The van der Waals surface area contributed by atoms with Crippen LogP contribution in [-0.4, -0.2) is 59.9 Å². The molecule has 6 aliphatic rings. The number of likely N-dealkylation sites (tertiary alicyclic amines) is 1. The molecule has 3 N–H and O–H groups in total. The molecule has 1 aliphatic heterocycles. The molecule has 0 spiro atoms. The van der Waals surface area contributed by atoms with Crippen molar-refractivity contribution in [3.05, 3.63) is 35.9 Å². The van der Waals surface area contributed by atoms with Crippen LogP contribution in [0.5, 0.6) is 0 Å². The van der Waals surface area contributed by atoms with E-state index in [2.05, 4.69) is 36.5 Å². The summed E-state index contributed by atoms with van der Waals surface area (Å²) in [5, 5.41) is 3.77. The van der Waals surface area contributed by atoms with E-state index in [1.165, 1.54) is 31.2 Å². The van der Waals surface area contributed by atoms with Crippen molar-refractivity contribution in [3.63, 3.8) is 0 Å². The van der Waals surface area contributed by atoms with Crippen molar-refractivity contribution in [2.24, 2.45) is 34.8 Å². The number of hydrogen-bond donors (Lipinski definition) is 2. The third kappa shape index (κ3) is 3.39.